The van der Waals surface area contributed by atoms with E-state index < -0.39 is 97.5 Å². The lowest BCUT2D eigenvalue weighted by molar-refractivity contribution is -0.161. The molecule has 0 spiro atoms. The number of aliphatic hydroxyl groups is 1. The number of phosphoric ester groups is 2. The fraction of sp³-hybridized carbons (Fsp3) is 0.938. The Morgan fingerprint density at radius 1 is 0.321 bits per heavy atom. The average Bonchev–Trinajstić information content (AvgIpc) is 3.65. The standard InChI is InChI=1S/C65H126O17P2/c1-7-9-11-13-14-15-16-17-18-19-23-26-29-36-42-48-63(68)76-54-61(81-64(69)49-43-37-30-27-24-21-20-22-25-28-34-39-45-57(3)4)56-80-84(73,74)78-52-59(66)51-77-83(71,72)79-55-60(53-75-62(67)47-41-33-12-10-8-2)82-65(70)50-44-38-32-31-35-40-46-58(5)6/h57-61,66H,7-56H2,1-6H3,(H,71,72)(H,73,74)/t59-,60+,61+/m0/s1. The summed E-state index contributed by atoms with van der Waals surface area (Å²) in [6, 6.07) is 0. The molecule has 17 nitrogen and oxygen atoms in total. The van der Waals surface area contributed by atoms with Crippen LogP contribution >= 0.6 is 15.6 Å². The Morgan fingerprint density at radius 3 is 0.810 bits per heavy atom. The van der Waals surface area contributed by atoms with E-state index in [0.29, 0.717) is 31.6 Å². The number of aliphatic hydroxyl groups excluding tert-OH is 1. The van der Waals surface area contributed by atoms with Crippen molar-refractivity contribution in [3.8, 4) is 0 Å². The van der Waals surface area contributed by atoms with E-state index in [1.807, 2.05) is 0 Å². The molecule has 498 valence electrons. The van der Waals surface area contributed by atoms with Crippen molar-refractivity contribution in [2.75, 3.05) is 39.6 Å². The van der Waals surface area contributed by atoms with Crippen LogP contribution in [-0.4, -0.2) is 96.7 Å². The zero-order valence-corrected chi connectivity index (χ0v) is 56.0. The summed E-state index contributed by atoms with van der Waals surface area (Å²) in [7, 11) is -9.88. The maximum Gasteiger partial charge on any atom is 0.472 e. The number of carbonyl (C=O) groups excluding carboxylic acids is 4. The second-order valence-corrected chi connectivity index (χ2v) is 27.4. The van der Waals surface area contributed by atoms with Crippen LogP contribution in [0.4, 0.5) is 0 Å². The monoisotopic (exact) mass is 1240 g/mol. The van der Waals surface area contributed by atoms with Crippen LogP contribution in [0.2, 0.25) is 0 Å². The molecule has 0 radical (unpaired) electrons. The molecule has 0 aliphatic rings. The predicted octanol–water partition coefficient (Wildman–Crippen LogP) is 18.0. The van der Waals surface area contributed by atoms with Crippen molar-refractivity contribution in [2.24, 2.45) is 11.8 Å². The largest absolute Gasteiger partial charge is 0.472 e. The highest BCUT2D eigenvalue weighted by Crippen LogP contribution is 2.45. The third-order valence-corrected chi connectivity index (χ3v) is 16.9. The first-order chi connectivity index (χ1) is 40.4. The van der Waals surface area contributed by atoms with Gasteiger partial charge >= 0.3 is 39.5 Å². The van der Waals surface area contributed by atoms with Gasteiger partial charge < -0.3 is 33.8 Å². The van der Waals surface area contributed by atoms with E-state index in [2.05, 4.69) is 41.5 Å². The van der Waals surface area contributed by atoms with Crippen molar-refractivity contribution in [3.63, 3.8) is 0 Å². The van der Waals surface area contributed by atoms with Gasteiger partial charge in [0.15, 0.2) is 12.2 Å². The third-order valence-electron chi connectivity index (χ3n) is 15.0. The highest BCUT2D eigenvalue weighted by Gasteiger charge is 2.30. The molecule has 2 unspecified atom stereocenters. The number of ether oxygens (including phenoxy) is 4. The van der Waals surface area contributed by atoms with Gasteiger partial charge in [0, 0.05) is 25.7 Å². The minimum atomic E-state index is -4.95. The van der Waals surface area contributed by atoms with Gasteiger partial charge in [-0.3, -0.25) is 37.3 Å². The molecule has 0 saturated carbocycles. The van der Waals surface area contributed by atoms with Gasteiger partial charge in [-0.15, -0.1) is 0 Å². The Balaban J connectivity index is 5.16. The fourth-order valence-electron chi connectivity index (χ4n) is 9.71. The number of hydrogen-bond acceptors (Lipinski definition) is 15. The number of rotatable bonds is 64. The molecule has 0 fully saturated rings. The smallest absolute Gasteiger partial charge is 0.462 e. The highest BCUT2D eigenvalue weighted by molar-refractivity contribution is 7.47. The van der Waals surface area contributed by atoms with Crippen LogP contribution in [0.1, 0.15) is 324 Å². The van der Waals surface area contributed by atoms with Crippen LogP contribution in [0.25, 0.3) is 0 Å². The van der Waals surface area contributed by atoms with Gasteiger partial charge in [0.25, 0.3) is 0 Å². The molecule has 0 aromatic heterocycles. The van der Waals surface area contributed by atoms with Gasteiger partial charge in [-0.05, 0) is 37.5 Å². The minimum absolute atomic E-state index is 0.101. The second-order valence-electron chi connectivity index (χ2n) is 24.5. The maximum absolute atomic E-state index is 13.0. The first-order valence-electron chi connectivity index (χ1n) is 34.0. The van der Waals surface area contributed by atoms with Crippen LogP contribution in [0.3, 0.4) is 0 Å². The van der Waals surface area contributed by atoms with E-state index in [1.54, 1.807) is 0 Å². The second kappa shape index (κ2) is 57.5. The Bertz CT molecular complexity index is 1650. The zero-order chi connectivity index (χ0) is 62.2. The molecule has 84 heavy (non-hydrogen) atoms. The Hall–Kier alpha value is -1.94. The first-order valence-corrected chi connectivity index (χ1v) is 37.0. The van der Waals surface area contributed by atoms with Gasteiger partial charge in [-0.25, -0.2) is 9.13 Å². The zero-order valence-electron chi connectivity index (χ0n) is 54.2. The first kappa shape index (κ1) is 82.1. The van der Waals surface area contributed by atoms with Crippen LogP contribution < -0.4 is 0 Å². The number of phosphoric acid groups is 2. The van der Waals surface area contributed by atoms with Gasteiger partial charge in [0.2, 0.25) is 0 Å². The molecule has 0 aromatic rings. The summed E-state index contributed by atoms with van der Waals surface area (Å²) < 4.78 is 67.8. The third kappa shape index (κ3) is 59.0. The summed E-state index contributed by atoms with van der Waals surface area (Å²) >= 11 is 0. The molecule has 0 rings (SSSR count). The Morgan fingerprint density at radius 2 is 0.548 bits per heavy atom. The minimum Gasteiger partial charge on any atom is -0.462 e. The topological polar surface area (TPSA) is 237 Å². The van der Waals surface area contributed by atoms with E-state index >= 15 is 0 Å². The highest BCUT2D eigenvalue weighted by atomic mass is 31.2. The summed E-state index contributed by atoms with van der Waals surface area (Å²) in [6.45, 7) is 9.34. The lowest BCUT2D eigenvalue weighted by Gasteiger charge is -2.21. The molecule has 0 aliphatic carbocycles. The molecule has 0 aromatic carbocycles. The van der Waals surface area contributed by atoms with E-state index in [1.165, 1.54) is 135 Å². The van der Waals surface area contributed by atoms with Gasteiger partial charge in [0.1, 0.15) is 19.3 Å². The number of hydrogen-bond donors (Lipinski definition) is 3. The molecule has 19 heteroatoms. The normalized spacial score (nSPS) is 14.3. The fourth-order valence-corrected chi connectivity index (χ4v) is 11.3. The van der Waals surface area contributed by atoms with Crippen molar-refractivity contribution in [3.05, 3.63) is 0 Å². The van der Waals surface area contributed by atoms with Gasteiger partial charge in [-0.1, -0.05) is 273 Å². The number of unbranched alkanes of at least 4 members (excludes halogenated alkanes) is 34. The molecule has 0 amide bonds. The van der Waals surface area contributed by atoms with Crippen molar-refractivity contribution in [1.82, 2.24) is 0 Å². The molecule has 5 atom stereocenters. The van der Waals surface area contributed by atoms with E-state index in [-0.39, 0.29) is 25.7 Å². The number of carbonyl (C=O) groups is 4. The quantitative estimate of drug-likeness (QED) is 0.0222. The molecule has 0 aliphatic heterocycles. The lowest BCUT2D eigenvalue weighted by Crippen LogP contribution is -2.30. The molecule has 0 bridgehead atoms. The van der Waals surface area contributed by atoms with Crippen LogP contribution in [0.5, 0.6) is 0 Å². The summed E-state index contributed by atoms with van der Waals surface area (Å²) in [5, 5.41) is 10.5. The maximum atomic E-state index is 13.0. The molecular formula is C65H126O17P2. The Labute approximate surface area is 511 Å². The summed E-state index contributed by atoms with van der Waals surface area (Å²) in [6.07, 6.45) is 40.9. The van der Waals surface area contributed by atoms with E-state index in [0.717, 1.165) is 102 Å². The molecule has 0 saturated heterocycles. The molecule has 0 heterocycles. The lowest BCUT2D eigenvalue weighted by atomic mass is 10.0. The van der Waals surface area contributed by atoms with Gasteiger partial charge in [-0.2, -0.15) is 0 Å². The SMILES string of the molecule is CCCCCCCCCCCCCCCCCC(=O)OC[C@H](COP(=O)(O)OC[C@@H](O)COP(=O)(O)OC[C@@H](COC(=O)CCCCCCC)OC(=O)CCCCCCCCC(C)C)OC(=O)CCCCCCCCCCCCCCC(C)C. The predicted molar refractivity (Wildman–Crippen MR) is 335 cm³/mol. The van der Waals surface area contributed by atoms with E-state index in [9.17, 15) is 43.2 Å². The summed E-state index contributed by atoms with van der Waals surface area (Å²) in [5.74, 6) is -0.699. The summed E-state index contributed by atoms with van der Waals surface area (Å²) in [4.78, 5) is 72.0. The van der Waals surface area contributed by atoms with Crippen molar-refractivity contribution < 1.29 is 80.2 Å². The van der Waals surface area contributed by atoms with Crippen molar-refractivity contribution in [2.45, 2.75) is 342 Å². The van der Waals surface area contributed by atoms with Crippen LogP contribution in [0, 0.1) is 11.8 Å². The van der Waals surface area contributed by atoms with Crippen molar-refractivity contribution >= 4 is 39.5 Å². The van der Waals surface area contributed by atoms with Crippen LogP contribution in [0.15, 0.2) is 0 Å². The van der Waals surface area contributed by atoms with Crippen molar-refractivity contribution in [1.29, 1.82) is 0 Å². The molecular weight excluding hydrogens is 1110 g/mol. The number of esters is 4. The van der Waals surface area contributed by atoms with Gasteiger partial charge in [0.05, 0.1) is 26.4 Å². The Kier molecular flexibility index (Phi) is 56.2. The molecule has 3 N–H and O–H groups in total. The van der Waals surface area contributed by atoms with Crippen LogP contribution in [-0.2, 0) is 65.4 Å². The summed E-state index contributed by atoms with van der Waals surface area (Å²) in [5.41, 5.74) is 0. The van der Waals surface area contributed by atoms with E-state index in [4.69, 9.17) is 37.0 Å². The average molecular weight is 1240 g/mol.